The van der Waals surface area contributed by atoms with Gasteiger partial charge in [-0.1, -0.05) is 0 Å². The Morgan fingerprint density at radius 3 is 1.21 bits per heavy atom. The lowest BCUT2D eigenvalue weighted by atomic mass is 10.1. The minimum absolute atomic E-state index is 0.130. The fourth-order valence-electron chi connectivity index (χ4n) is 4.66. The van der Waals surface area contributed by atoms with Crippen molar-refractivity contribution in [3.05, 3.63) is 141 Å². The molecule has 236 valence electrons. The van der Waals surface area contributed by atoms with Crippen LogP contribution in [-0.4, -0.2) is 21.4 Å². The zero-order valence-corrected chi connectivity index (χ0v) is 23.1. The number of rotatable bonds is 4. The molecule has 0 saturated heterocycles. The van der Waals surface area contributed by atoms with Gasteiger partial charge in [-0.05, 0) is 60.7 Å². The summed E-state index contributed by atoms with van der Waals surface area (Å²) in [6.45, 7) is 0. The third-order valence-corrected chi connectivity index (χ3v) is 6.79. The van der Waals surface area contributed by atoms with Crippen molar-refractivity contribution in [1.82, 2.24) is 9.13 Å². The van der Waals surface area contributed by atoms with Gasteiger partial charge in [0.05, 0.1) is 34.2 Å². The summed E-state index contributed by atoms with van der Waals surface area (Å²) in [5.41, 5.74) is -2.38. The quantitative estimate of drug-likeness (QED) is 0.117. The maximum atomic E-state index is 14.1. The van der Waals surface area contributed by atoms with Crippen LogP contribution >= 0.6 is 0 Å². The Morgan fingerprint density at radius 1 is 0.511 bits per heavy atom. The number of nitrogens with zero attached hydrogens (tertiary/aromatic N) is 2. The van der Waals surface area contributed by atoms with Gasteiger partial charge >= 0.3 is 12.3 Å². The Hall–Kier alpha value is -6.38. The van der Waals surface area contributed by atoms with Crippen molar-refractivity contribution in [2.75, 3.05) is 0 Å². The molecular weight excluding hydrogens is 638 g/mol. The van der Waals surface area contributed by atoms with Crippen molar-refractivity contribution in [2.45, 2.75) is 0 Å². The van der Waals surface area contributed by atoms with Gasteiger partial charge in [0.1, 0.15) is 11.6 Å². The van der Waals surface area contributed by atoms with Crippen LogP contribution in [0.5, 0.6) is 11.5 Å². The van der Waals surface area contributed by atoms with E-state index in [2.05, 4.69) is 4.74 Å². The molecule has 0 N–H and O–H groups in total. The molecule has 0 spiro atoms. The summed E-state index contributed by atoms with van der Waals surface area (Å²) in [5.74, 6) is -8.40. The van der Waals surface area contributed by atoms with Crippen molar-refractivity contribution in [2.24, 2.45) is 0 Å². The van der Waals surface area contributed by atoms with Gasteiger partial charge in [0, 0.05) is 23.5 Å². The summed E-state index contributed by atoms with van der Waals surface area (Å²) in [6, 6.07) is 11.5. The Labute approximate surface area is 257 Å². The number of benzene rings is 4. The number of hydrogen-bond donors (Lipinski definition) is 0. The van der Waals surface area contributed by atoms with Crippen LogP contribution in [0.2, 0.25) is 0 Å². The van der Waals surface area contributed by atoms with Crippen molar-refractivity contribution in [3.8, 4) is 22.9 Å². The summed E-state index contributed by atoms with van der Waals surface area (Å²) in [4.78, 5) is 51.1. The number of pyridine rings is 2. The molecular formula is C32H14F6N2O7. The maximum Gasteiger partial charge on any atom is 0.524 e. The number of halogens is 6. The number of carbonyl (C=O) groups is 2. The zero-order valence-electron chi connectivity index (χ0n) is 23.1. The van der Waals surface area contributed by atoms with E-state index in [1.54, 1.807) is 0 Å². The molecule has 0 aliphatic carbocycles. The molecule has 0 unspecified atom stereocenters. The van der Waals surface area contributed by atoms with Crippen molar-refractivity contribution >= 4 is 34.1 Å². The van der Waals surface area contributed by atoms with Crippen LogP contribution < -0.4 is 20.3 Å². The van der Waals surface area contributed by atoms with Crippen LogP contribution in [-0.2, 0) is 4.74 Å². The van der Waals surface area contributed by atoms with E-state index in [1.165, 1.54) is 24.3 Å². The van der Waals surface area contributed by atoms with Crippen LogP contribution in [0.25, 0.3) is 33.2 Å². The normalized spacial score (nSPS) is 11.1. The predicted molar refractivity (Wildman–Crippen MR) is 152 cm³/mol. The van der Waals surface area contributed by atoms with Crippen molar-refractivity contribution in [1.29, 1.82) is 0 Å². The topological polar surface area (TPSA) is 106 Å². The second kappa shape index (κ2) is 11.8. The van der Waals surface area contributed by atoms with E-state index in [9.17, 15) is 45.5 Å². The minimum atomic E-state index is -1.87. The highest BCUT2D eigenvalue weighted by atomic mass is 19.2. The fraction of sp³-hybridized carbons (Fsp3) is 0. The molecule has 0 radical (unpaired) electrons. The van der Waals surface area contributed by atoms with Crippen LogP contribution in [0.1, 0.15) is 0 Å². The van der Waals surface area contributed by atoms with Crippen LogP contribution in [0.15, 0.2) is 94.8 Å². The van der Waals surface area contributed by atoms with Gasteiger partial charge in [0.25, 0.3) is 0 Å². The van der Waals surface area contributed by atoms with Crippen LogP contribution in [0.4, 0.5) is 35.9 Å². The van der Waals surface area contributed by atoms with Gasteiger partial charge in [-0.25, -0.2) is 35.9 Å². The van der Waals surface area contributed by atoms with Crippen molar-refractivity contribution in [3.63, 3.8) is 0 Å². The molecule has 15 heteroatoms. The molecule has 0 aliphatic heterocycles. The second-order valence-corrected chi connectivity index (χ2v) is 9.71. The highest BCUT2D eigenvalue weighted by Crippen LogP contribution is 2.25. The van der Waals surface area contributed by atoms with Crippen LogP contribution in [0.3, 0.4) is 0 Å². The summed E-state index contributed by atoms with van der Waals surface area (Å²) >= 11 is 0. The Bertz CT molecular complexity index is 2210. The largest absolute Gasteiger partial charge is 0.524 e. The number of ether oxygens (including phenoxy) is 3. The third-order valence-electron chi connectivity index (χ3n) is 6.79. The first-order chi connectivity index (χ1) is 22.4. The van der Waals surface area contributed by atoms with E-state index >= 15 is 0 Å². The number of fused-ring (bicyclic) bond motifs is 2. The lowest BCUT2D eigenvalue weighted by Crippen LogP contribution is -2.24. The van der Waals surface area contributed by atoms with E-state index < -0.39 is 80.3 Å². The lowest BCUT2D eigenvalue weighted by Gasteiger charge is -2.14. The lowest BCUT2D eigenvalue weighted by molar-refractivity contribution is 0.0889. The van der Waals surface area contributed by atoms with E-state index in [1.807, 2.05) is 0 Å². The zero-order chi connectivity index (χ0) is 33.6. The molecule has 4 aromatic carbocycles. The molecule has 0 saturated carbocycles. The average molecular weight is 652 g/mol. The van der Waals surface area contributed by atoms with Gasteiger partial charge in [-0.15, -0.1) is 0 Å². The molecule has 2 aromatic heterocycles. The number of hydrogen-bond acceptors (Lipinski definition) is 7. The third kappa shape index (κ3) is 5.88. The summed E-state index contributed by atoms with van der Waals surface area (Å²) in [5, 5.41) is -0.940. The summed E-state index contributed by atoms with van der Waals surface area (Å²) in [7, 11) is 0. The Balaban J connectivity index is 1.32. The highest BCUT2D eigenvalue weighted by molar-refractivity contribution is 5.85. The van der Waals surface area contributed by atoms with E-state index in [-0.39, 0.29) is 22.4 Å². The smallest absolute Gasteiger partial charge is 0.389 e. The number of carbonyl (C=O) groups excluding carboxylic acids is 2. The predicted octanol–water partition coefficient (Wildman–Crippen LogP) is 6.84. The van der Waals surface area contributed by atoms with Gasteiger partial charge in [-0.2, -0.15) is 0 Å². The van der Waals surface area contributed by atoms with E-state index in [0.29, 0.717) is 24.3 Å². The van der Waals surface area contributed by atoms with Gasteiger partial charge < -0.3 is 23.3 Å². The standard InChI is InChI=1S/C32H14F6N2O7/c33-15-1-5-17(6-2-15)39-13-27(29(41)19-9-21(35)23(37)11-25(19)39)45-31(43)47-32(44)46-28-14-40(18-7-3-16(34)4-8-18)26-12-24(38)22(36)10-20(26)30(28)42/h1-14H. The second-order valence-electron chi connectivity index (χ2n) is 9.71. The molecule has 9 nitrogen and oxygen atoms in total. The Morgan fingerprint density at radius 2 is 0.851 bits per heavy atom. The van der Waals surface area contributed by atoms with Crippen molar-refractivity contribution < 1.29 is 50.1 Å². The van der Waals surface area contributed by atoms with Gasteiger partial charge in [-0.3, -0.25) is 9.59 Å². The van der Waals surface area contributed by atoms with Gasteiger partial charge in [0.15, 0.2) is 34.8 Å². The molecule has 0 aliphatic rings. The molecule has 2 heterocycles. The molecule has 47 heavy (non-hydrogen) atoms. The highest BCUT2D eigenvalue weighted by Gasteiger charge is 2.23. The first-order valence-corrected chi connectivity index (χ1v) is 13.1. The number of aromatic nitrogens is 2. The monoisotopic (exact) mass is 652 g/mol. The van der Waals surface area contributed by atoms with Crippen LogP contribution in [0, 0.1) is 34.9 Å². The molecule has 0 fully saturated rings. The first kappa shape index (κ1) is 30.6. The molecule has 0 atom stereocenters. The first-order valence-electron chi connectivity index (χ1n) is 13.1. The SMILES string of the molecule is O=C(OC(=O)Oc1cn(-c2ccc(F)cc2)c2cc(F)c(F)cc2c1=O)Oc1cn(-c2ccc(F)cc2)c2cc(F)c(F)cc2c1=O. The maximum absolute atomic E-state index is 14.1. The molecule has 6 rings (SSSR count). The molecule has 6 aromatic rings. The summed E-state index contributed by atoms with van der Waals surface area (Å²) in [6.07, 6.45) is -1.99. The molecule has 0 amide bonds. The average Bonchev–Trinajstić information content (AvgIpc) is 3.03. The Kier molecular flexibility index (Phi) is 7.72. The minimum Gasteiger partial charge on any atom is -0.389 e. The van der Waals surface area contributed by atoms with E-state index in [4.69, 9.17) is 9.47 Å². The van der Waals surface area contributed by atoms with E-state index in [0.717, 1.165) is 45.8 Å². The fourth-order valence-corrected chi connectivity index (χ4v) is 4.66. The van der Waals surface area contributed by atoms with Gasteiger partial charge in [0.2, 0.25) is 10.9 Å². The summed E-state index contributed by atoms with van der Waals surface area (Å²) < 4.78 is 99.6. The molecule has 0 bridgehead atoms.